The standard InChI is InChI=1S/C24H22N4O5S/c1-2-21(23(29)26-15-11-13-16(14-12-15)34(25,31)32)33-24(30)18-8-4-3-7-17(18)22-27-19-9-5-6-10-20(19)28-22/h3-14,21H,2H2,1H3,(H,26,29)(H,27,28)(H2,25,31,32). The Labute approximate surface area is 196 Å². The number of carbonyl (C=O) groups excluding carboxylic acids is 2. The number of nitrogens with one attached hydrogen (secondary N) is 2. The van der Waals surface area contributed by atoms with Gasteiger partial charge in [0.25, 0.3) is 5.91 Å². The van der Waals surface area contributed by atoms with E-state index < -0.39 is 28.0 Å². The molecule has 0 spiro atoms. The summed E-state index contributed by atoms with van der Waals surface area (Å²) in [6.45, 7) is 1.72. The van der Waals surface area contributed by atoms with Crippen LogP contribution in [0.2, 0.25) is 0 Å². The van der Waals surface area contributed by atoms with Gasteiger partial charge < -0.3 is 15.0 Å². The highest BCUT2D eigenvalue weighted by molar-refractivity contribution is 7.89. The van der Waals surface area contributed by atoms with E-state index in [0.29, 0.717) is 17.1 Å². The molecular weight excluding hydrogens is 456 g/mol. The number of primary sulfonamides is 1. The van der Waals surface area contributed by atoms with Crippen molar-refractivity contribution in [2.45, 2.75) is 24.3 Å². The lowest BCUT2D eigenvalue weighted by Crippen LogP contribution is -2.32. The lowest BCUT2D eigenvalue weighted by Gasteiger charge is -2.17. The first kappa shape index (κ1) is 23.1. The molecule has 3 aromatic carbocycles. The number of amides is 1. The molecule has 1 aromatic heterocycles. The first-order valence-electron chi connectivity index (χ1n) is 10.4. The fourth-order valence-electron chi connectivity index (χ4n) is 3.41. The zero-order valence-electron chi connectivity index (χ0n) is 18.2. The number of H-pyrrole nitrogens is 1. The Bertz CT molecular complexity index is 1430. The number of carbonyl (C=O) groups is 2. The third kappa shape index (κ3) is 4.98. The van der Waals surface area contributed by atoms with Gasteiger partial charge >= 0.3 is 5.97 Å². The Kier molecular flexibility index (Phi) is 6.44. The van der Waals surface area contributed by atoms with Gasteiger partial charge in [0.15, 0.2) is 6.10 Å². The normalized spacial score (nSPS) is 12.3. The number of aromatic amines is 1. The van der Waals surface area contributed by atoms with Crippen LogP contribution >= 0.6 is 0 Å². The quantitative estimate of drug-likeness (QED) is 0.347. The molecule has 0 aliphatic heterocycles. The van der Waals surface area contributed by atoms with Gasteiger partial charge in [0.1, 0.15) is 5.82 Å². The molecule has 34 heavy (non-hydrogen) atoms. The predicted octanol–water partition coefficient (Wildman–Crippen LogP) is 3.45. The number of nitrogens with two attached hydrogens (primary N) is 1. The third-order valence-electron chi connectivity index (χ3n) is 5.15. The average molecular weight is 479 g/mol. The molecule has 10 heteroatoms. The fraction of sp³-hybridized carbons (Fsp3) is 0.125. The first-order valence-corrected chi connectivity index (χ1v) is 12.0. The lowest BCUT2D eigenvalue weighted by molar-refractivity contribution is -0.124. The molecule has 9 nitrogen and oxygen atoms in total. The second-order valence-corrected chi connectivity index (χ2v) is 9.07. The van der Waals surface area contributed by atoms with E-state index in [-0.39, 0.29) is 16.9 Å². The molecule has 0 radical (unpaired) electrons. The summed E-state index contributed by atoms with van der Waals surface area (Å²) in [5, 5.41) is 7.71. The molecule has 1 unspecified atom stereocenters. The Hall–Kier alpha value is -4.02. The maximum absolute atomic E-state index is 13.0. The number of esters is 1. The Balaban J connectivity index is 1.52. The molecule has 0 aliphatic carbocycles. The summed E-state index contributed by atoms with van der Waals surface area (Å²) in [5.74, 6) is -0.691. The van der Waals surface area contributed by atoms with Gasteiger partial charge in [-0.3, -0.25) is 4.79 Å². The van der Waals surface area contributed by atoms with Crippen molar-refractivity contribution in [1.29, 1.82) is 0 Å². The van der Waals surface area contributed by atoms with Crippen molar-refractivity contribution in [3.05, 3.63) is 78.4 Å². The molecule has 1 amide bonds. The molecule has 1 heterocycles. The molecule has 4 aromatic rings. The van der Waals surface area contributed by atoms with Crippen molar-refractivity contribution in [2.24, 2.45) is 5.14 Å². The van der Waals surface area contributed by atoms with Crippen LogP contribution in [0.5, 0.6) is 0 Å². The molecule has 0 aliphatic rings. The molecule has 4 N–H and O–H groups in total. The Morgan fingerprint density at radius 2 is 1.71 bits per heavy atom. The maximum Gasteiger partial charge on any atom is 0.339 e. The van der Waals surface area contributed by atoms with Gasteiger partial charge in [0.05, 0.1) is 21.5 Å². The summed E-state index contributed by atoms with van der Waals surface area (Å²) in [5.41, 5.74) is 2.76. The number of aromatic nitrogens is 2. The van der Waals surface area contributed by atoms with Gasteiger partial charge in [-0.25, -0.2) is 23.3 Å². The largest absolute Gasteiger partial charge is 0.449 e. The van der Waals surface area contributed by atoms with Crippen LogP contribution in [0.1, 0.15) is 23.7 Å². The van der Waals surface area contributed by atoms with E-state index in [9.17, 15) is 18.0 Å². The van der Waals surface area contributed by atoms with E-state index in [1.165, 1.54) is 24.3 Å². The van der Waals surface area contributed by atoms with Crippen LogP contribution in [0.3, 0.4) is 0 Å². The van der Waals surface area contributed by atoms with Crippen molar-refractivity contribution < 1.29 is 22.7 Å². The molecule has 4 rings (SSSR count). The van der Waals surface area contributed by atoms with E-state index >= 15 is 0 Å². The van der Waals surface area contributed by atoms with Crippen molar-refractivity contribution in [3.8, 4) is 11.4 Å². The van der Waals surface area contributed by atoms with Crippen LogP contribution in [-0.4, -0.2) is 36.4 Å². The zero-order chi connectivity index (χ0) is 24.3. The van der Waals surface area contributed by atoms with Gasteiger partial charge in [-0.1, -0.05) is 37.3 Å². The molecule has 174 valence electrons. The van der Waals surface area contributed by atoms with Gasteiger partial charge in [-0.05, 0) is 48.9 Å². The summed E-state index contributed by atoms with van der Waals surface area (Å²) < 4.78 is 28.3. The van der Waals surface area contributed by atoms with Crippen LogP contribution in [0.15, 0.2) is 77.7 Å². The van der Waals surface area contributed by atoms with Gasteiger partial charge in [-0.2, -0.15) is 0 Å². The summed E-state index contributed by atoms with van der Waals surface area (Å²) in [4.78, 5) is 33.4. The van der Waals surface area contributed by atoms with E-state index in [1.807, 2.05) is 24.3 Å². The number of nitrogens with zero attached hydrogens (tertiary/aromatic N) is 1. The summed E-state index contributed by atoms with van der Waals surface area (Å²) >= 11 is 0. The van der Waals surface area contributed by atoms with E-state index in [1.54, 1.807) is 31.2 Å². The van der Waals surface area contributed by atoms with Crippen molar-refractivity contribution in [3.63, 3.8) is 0 Å². The minimum atomic E-state index is -3.84. The number of benzene rings is 3. The first-order chi connectivity index (χ1) is 16.3. The SMILES string of the molecule is CCC(OC(=O)c1ccccc1-c1nc2ccccc2[nH]1)C(=O)Nc1ccc(S(N)(=O)=O)cc1. The van der Waals surface area contributed by atoms with E-state index in [0.717, 1.165) is 11.0 Å². The number of hydrogen-bond acceptors (Lipinski definition) is 6. The van der Waals surface area contributed by atoms with E-state index in [4.69, 9.17) is 9.88 Å². The van der Waals surface area contributed by atoms with Crippen molar-refractivity contribution in [2.75, 3.05) is 5.32 Å². The molecule has 1 atom stereocenters. The fourth-order valence-corrected chi connectivity index (χ4v) is 3.93. The molecule has 0 saturated heterocycles. The maximum atomic E-state index is 13.0. The number of fused-ring (bicyclic) bond motifs is 1. The number of sulfonamides is 1. The number of imidazole rings is 1. The molecule has 0 saturated carbocycles. The van der Waals surface area contributed by atoms with E-state index in [2.05, 4.69) is 15.3 Å². The number of ether oxygens (including phenoxy) is 1. The van der Waals surface area contributed by atoms with Gasteiger partial charge in [-0.15, -0.1) is 0 Å². The smallest absolute Gasteiger partial charge is 0.339 e. The highest BCUT2D eigenvalue weighted by Crippen LogP contribution is 2.25. The minimum absolute atomic E-state index is 0.0776. The second-order valence-electron chi connectivity index (χ2n) is 7.51. The van der Waals surface area contributed by atoms with Crippen LogP contribution in [0.25, 0.3) is 22.4 Å². The third-order valence-corrected chi connectivity index (χ3v) is 6.08. The number of hydrogen-bond donors (Lipinski definition) is 3. The summed E-state index contributed by atoms with van der Waals surface area (Å²) in [7, 11) is -3.84. The van der Waals surface area contributed by atoms with Crippen LogP contribution in [0.4, 0.5) is 5.69 Å². The highest BCUT2D eigenvalue weighted by atomic mass is 32.2. The topological polar surface area (TPSA) is 144 Å². The lowest BCUT2D eigenvalue weighted by atomic mass is 10.1. The number of rotatable bonds is 7. The zero-order valence-corrected chi connectivity index (χ0v) is 19.0. The molecule has 0 fully saturated rings. The Morgan fingerprint density at radius 1 is 1.03 bits per heavy atom. The van der Waals surface area contributed by atoms with Crippen LogP contribution < -0.4 is 10.5 Å². The Morgan fingerprint density at radius 3 is 2.38 bits per heavy atom. The minimum Gasteiger partial charge on any atom is -0.449 e. The van der Waals surface area contributed by atoms with Gasteiger partial charge in [0.2, 0.25) is 10.0 Å². The van der Waals surface area contributed by atoms with Crippen molar-refractivity contribution >= 4 is 38.6 Å². The highest BCUT2D eigenvalue weighted by Gasteiger charge is 2.24. The summed E-state index contributed by atoms with van der Waals surface area (Å²) in [6, 6.07) is 19.7. The number of para-hydroxylation sites is 2. The average Bonchev–Trinajstić information content (AvgIpc) is 3.26. The van der Waals surface area contributed by atoms with Crippen molar-refractivity contribution in [1.82, 2.24) is 9.97 Å². The van der Waals surface area contributed by atoms with Crippen LogP contribution in [0, 0.1) is 0 Å². The van der Waals surface area contributed by atoms with Gasteiger partial charge in [0, 0.05) is 11.3 Å². The predicted molar refractivity (Wildman–Crippen MR) is 127 cm³/mol. The van der Waals surface area contributed by atoms with Crippen LogP contribution in [-0.2, 0) is 19.6 Å². The monoisotopic (exact) mass is 478 g/mol. The molecular formula is C24H22N4O5S. The molecule has 0 bridgehead atoms. The second kappa shape index (κ2) is 9.46. The number of anilines is 1. The summed E-state index contributed by atoms with van der Waals surface area (Å²) in [6.07, 6.45) is -0.825.